The van der Waals surface area contributed by atoms with Gasteiger partial charge < -0.3 is 9.64 Å². The first-order chi connectivity index (χ1) is 12.2. The van der Waals surface area contributed by atoms with Crippen LogP contribution in [0.15, 0.2) is 49.1 Å². The molecule has 1 aromatic rings. The van der Waals surface area contributed by atoms with Crippen LogP contribution in [-0.2, 0) is 14.9 Å². The predicted molar refractivity (Wildman–Crippen MR) is 95.5 cm³/mol. The van der Waals surface area contributed by atoms with Crippen LogP contribution in [0.5, 0.6) is 0 Å². The lowest BCUT2D eigenvalue weighted by atomic mass is 9.52. The molecule has 0 unspecified atom stereocenters. The van der Waals surface area contributed by atoms with E-state index in [2.05, 4.69) is 58.9 Å². The van der Waals surface area contributed by atoms with Gasteiger partial charge in [-0.2, -0.15) is 0 Å². The summed E-state index contributed by atoms with van der Waals surface area (Å²) in [6, 6.07) is 9.32. The first kappa shape index (κ1) is 14.1. The van der Waals surface area contributed by atoms with Crippen LogP contribution in [0, 0.1) is 5.41 Å². The SMILES string of the molecule is C=C[C@]12C=CCN3CC[C@@]4(c5ccccc5N5[C@H]4[C@]5(C(=O)OC)C1)[C@@H]32. The molecule has 0 aromatic heterocycles. The topological polar surface area (TPSA) is 32.5 Å². The highest BCUT2D eigenvalue weighted by atomic mass is 16.5. The zero-order valence-corrected chi connectivity index (χ0v) is 14.4. The molecule has 4 aliphatic heterocycles. The van der Waals surface area contributed by atoms with Crippen LogP contribution in [0.3, 0.4) is 0 Å². The third-order valence-corrected chi connectivity index (χ3v) is 7.66. The molecule has 3 fully saturated rings. The molecule has 0 bridgehead atoms. The van der Waals surface area contributed by atoms with Gasteiger partial charge in [0, 0.05) is 29.1 Å². The molecule has 0 N–H and O–H groups in total. The molecule has 4 nitrogen and oxygen atoms in total. The Kier molecular flexibility index (Phi) is 2.27. The quantitative estimate of drug-likeness (QED) is 0.472. The smallest absolute Gasteiger partial charge is 0.333 e. The maximum Gasteiger partial charge on any atom is 0.333 e. The Balaban J connectivity index is 1.68. The van der Waals surface area contributed by atoms with Crippen LogP contribution in [0.25, 0.3) is 0 Å². The van der Waals surface area contributed by atoms with Crippen molar-refractivity contribution in [2.75, 3.05) is 25.1 Å². The van der Waals surface area contributed by atoms with Crippen molar-refractivity contribution in [2.24, 2.45) is 5.41 Å². The zero-order chi connectivity index (χ0) is 17.0. The number of anilines is 1. The van der Waals surface area contributed by atoms with Crippen molar-refractivity contribution in [2.45, 2.75) is 35.9 Å². The minimum absolute atomic E-state index is 0.00197. The van der Waals surface area contributed by atoms with Crippen molar-refractivity contribution in [3.8, 4) is 0 Å². The summed E-state index contributed by atoms with van der Waals surface area (Å²) in [4.78, 5) is 18.0. The molecule has 1 spiro atoms. The molecule has 0 radical (unpaired) electrons. The fourth-order valence-electron chi connectivity index (χ4n) is 7.09. The average Bonchev–Trinajstić information content (AvgIpc) is 3.02. The molecule has 4 heteroatoms. The Morgan fingerprint density at radius 1 is 1.36 bits per heavy atom. The van der Waals surface area contributed by atoms with Gasteiger partial charge in [-0.1, -0.05) is 36.4 Å². The Labute approximate surface area is 147 Å². The third kappa shape index (κ3) is 1.21. The van der Waals surface area contributed by atoms with Gasteiger partial charge in [0.05, 0.1) is 13.2 Å². The molecule has 6 rings (SSSR count). The molecule has 128 valence electrons. The first-order valence-electron chi connectivity index (χ1n) is 9.18. The zero-order valence-electron chi connectivity index (χ0n) is 14.4. The number of methoxy groups -OCH3 is 1. The van der Waals surface area contributed by atoms with Crippen molar-refractivity contribution in [3.63, 3.8) is 0 Å². The summed E-state index contributed by atoms with van der Waals surface area (Å²) in [5.41, 5.74) is 1.98. The molecule has 5 atom stereocenters. The Morgan fingerprint density at radius 2 is 2.20 bits per heavy atom. The highest BCUT2D eigenvalue weighted by molar-refractivity contribution is 5.99. The number of ether oxygens (including phenoxy) is 1. The largest absolute Gasteiger partial charge is 0.467 e. The fraction of sp³-hybridized carbons (Fsp3) is 0.476. The molecule has 0 amide bonds. The second-order valence-electron chi connectivity index (χ2n) is 8.29. The van der Waals surface area contributed by atoms with E-state index in [1.165, 1.54) is 18.4 Å². The lowest BCUT2D eigenvalue weighted by Gasteiger charge is -2.54. The molecule has 1 saturated carbocycles. The second-order valence-corrected chi connectivity index (χ2v) is 8.29. The second kappa shape index (κ2) is 4.01. The third-order valence-electron chi connectivity index (χ3n) is 7.66. The van der Waals surface area contributed by atoms with Crippen LogP contribution in [0.1, 0.15) is 18.4 Å². The molecule has 2 saturated heterocycles. The van der Waals surface area contributed by atoms with Crippen molar-refractivity contribution in [3.05, 3.63) is 54.6 Å². The van der Waals surface area contributed by atoms with Crippen LogP contribution in [0.2, 0.25) is 0 Å². The van der Waals surface area contributed by atoms with E-state index >= 15 is 0 Å². The summed E-state index contributed by atoms with van der Waals surface area (Å²) < 4.78 is 5.32. The first-order valence-corrected chi connectivity index (χ1v) is 9.18. The van der Waals surface area contributed by atoms with Gasteiger partial charge in [-0.05, 0) is 31.0 Å². The number of hydrogen-bond acceptors (Lipinski definition) is 4. The molecule has 5 aliphatic rings. The highest BCUT2D eigenvalue weighted by Crippen LogP contribution is 2.75. The van der Waals surface area contributed by atoms with Gasteiger partial charge in [-0.3, -0.25) is 4.90 Å². The average molecular weight is 334 g/mol. The number of nitrogens with zero attached hydrogens (tertiary/aromatic N) is 2. The maximum atomic E-state index is 13.0. The number of carbonyl (C=O) groups is 1. The Hall–Kier alpha value is -2.07. The number of carbonyl (C=O) groups excluding carboxylic acids is 1. The molecule has 25 heavy (non-hydrogen) atoms. The molecule has 1 aliphatic carbocycles. The Morgan fingerprint density at radius 3 is 3.00 bits per heavy atom. The summed E-state index contributed by atoms with van der Waals surface area (Å²) in [6.45, 7) is 6.30. The van der Waals surface area contributed by atoms with Gasteiger partial charge in [0.1, 0.15) is 0 Å². The van der Waals surface area contributed by atoms with Crippen LogP contribution >= 0.6 is 0 Å². The maximum absolute atomic E-state index is 13.0. The van der Waals surface area contributed by atoms with E-state index in [1.807, 2.05) is 0 Å². The van der Waals surface area contributed by atoms with Crippen LogP contribution in [-0.4, -0.2) is 48.7 Å². The van der Waals surface area contributed by atoms with Gasteiger partial charge in [0.2, 0.25) is 0 Å². The summed E-state index contributed by atoms with van der Waals surface area (Å²) in [5, 5.41) is 0. The minimum Gasteiger partial charge on any atom is -0.467 e. The van der Waals surface area contributed by atoms with E-state index in [0.29, 0.717) is 6.04 Å². The normalized spacial score (nSPS) is 44.8. The van der Waals surface area contributed by atoms with Gasteiger partial charge >= 0.3 is 5.97 Å². The van der Waals surface area contributed by atoms with Gasteiger partial charge in [0.25, 0.3) is 0 Å². The van der Waals surface area contributed by atoms with E-state index in [-0.39, 0.29) is 22.8 Å². The number of para-hydroxylation sites is 1. The number of benzene rings is 1. The Bertz CT molecular complexity index is 863. The summed E-state index contributed by atoms with van der Waals surface area (Å²) >= 11 is 0. The summed E-state index contributed by atoms with van der Waals surface area (Å²) in [6.07, 6.45) is 8.57. The molecule has 1 aromatic carbocycles. The van der Waals surface area contributed by atoms with Crippen LogP contribution in [0.4, 0.5) is 5.69 Å². The molecular weight excluding hydrogens is 312 g/mol. The van der Waals surface area contributed by atoms with Crippen LogP contribution < -0.4 is 4.90 Å². The monoisotopic (exact) mass is 334 g/mol. The lowest BCUT2D eigenvalue weighted by Crippen LogP contribution is -2.63. The van der Waals surface area contributed by atoms with E-state index < -0.39 is 5.54 Å². The van der Waals surface area contributed by atoms with Gasteiger partial charge in [-0.15, -0.1) is 6.58 Å². The van der Waals surface area contributed by atoms with E-state index in [1.54, 1.807) is 0 Å². The van der Waals surface area contributed by atoms with E-state index in [0.717, 1.165) is 25.9 Å². The standard InChI is InChI=1S/C21H22N2O2/c1-3-19-9-6-11-22-12-10-20(16(19)22)14-7-4-5-8-15(14)23-17(20)21(23,13-19)18(24)25-2/h3-9,16-17H,1,10-13H2,2H3/t16-,17+,19-,20+,21-,23?/m0/s1. The van der Waals surface area contributed by atoms with Crippen molar-refractivity contribution < 1.29 is 9.53 Å². The van der Waals surface area contributed by atoms with Crippen molar-refractivity contribution >= 4 is 11.7 Å². The van der Waals surface area contributed by atoms with Gasteiger partial charge in [-0.25, -0.2) is 4.79 Å². The number of fused-ring (bicyclic) bond motifs is 3. The highest BCUT2D eigenvalue weighted by Gasteiger charge is 2.87. The number of hydrogen-bond donors (Lipinski definition) is 0. The minimum atomic E-state index is -0.522. The molecular formula is C21H22N2O2. The van der Waals surface area contributed by atoms with Crippen molar-refractivity contribution in [1.82, 2.24) is 4.90 Å². The van der Waals surface area contributed by atoms with Gasteiger partial charge in [0.15, 0.2) is 5.54 Å². The van der Waals surface area contributed by atoms with Crippen molar-refractivity contribution in [1.29, 1.82) is 0 Å². The summed E-state index contributed by atoms with van der Waals surface area (Å²) in [5.74, 6) is -0.0801. The molecule has 4 heterocycles. The van der Waals surface area contributed by atoms with E-state index in [4.69, 9.17) is 4.74 Å². The lowest BCUT2D eigenvalue weighted by molar-refractivity contribution is -0.145. The van der Waals surface area contributed by atoms with E-state index in [9.17, 15) is 4.79 Å². The fourth-order valence-corrected chi connectivity index (χ4v) is 7.09. The summed E-state index contributed by atoms with van der Waals surface area (Å²) in [7, 11) is 1.52. The number of rotatable bonds is 2. The predicted octanol–water partition coefficient (Wildman–Crippen LogP) is 2.26. The number of esters is 1.